The van der Waals surface area contributed by atoms with E-state index in [0.29, 0.717) is 5.69 Å². The summed E-state index contributed by atoms with van der Waals surface area (Å²) in [5, 5.41) is 15.0. The second kappa shape index (κ2) is 6.74. The number of aryl methyl sites for hydroxylation is 1. The Labute approximate surface area is 165 Å². The molecule has 6 heteroatoms. The van der Waals surface area contributed by atoms with Crippen LogP contribution >= 0.6 is 11.3 Å². The van der Waals surface area contributed by atoms with Crippen molar-refractivity contribution in [3.8, 4) is 10.4 Å². The number of aliphatic hydroxyl groups excluding tert-OH is 1. The standard InChI is InChI=1S/C22H18N4OS/c1-13-8-16-9-17(4-5-19(16)25-13)26-22-21-14(6-7-23-22)10-20(28-21)15-2-3-18(12-27)24-11-15/h2-11,25,27H,12H2,1H3,(H,23,26). The summed E-state index contributed by atoms with van der Waals surface area (Å²) in [7, 11) is 0. The molecule has 0 radical (unpaired) electrons. The van der Waals surface area contributed by atoms with E-state index >= 15 is 0 Å². The SMILES string of the molecule is Cc1cc2cc(Nc3nccc4cc(-c5ccc(CO)nc5)sc34)ccc2[nH]1. The van der Waals surface area contributed by atoms with Crippen LogP contribution in [0.2, 0.25) is 0 Å². The van der Waals surface area contributed by atoms with E-state index in [0.717, 1.165) is 43.2 Å². The van der Waals surface area contributed by atoms with Gasteiger partial charge in [-0.15, -0.1) is 11.3 Å². The maximum Gasteiger partial charge on any atom is 0.148 e. The number of nitrogens with zero attached hydrogens (tertiary/aromatic N) is 2. The first-order valence-corrected chi connectivity index (χ1v) is 9.82. The Hall–Kier alpha value is -3.22. The Morgan fingerprint density at radius 1 is 1.04 bits per heavy atom. The normalized spacial score (nSPS) is 11.4. The third kappa shape index (κ3) is 3.02. The number of rotatable bonds is 4. The molecule has 4 heterocycles. The Kier molecular flexibility index (Phi) is 4.07. The van der Waals surface area contributed by atoms with E-state index in [9.17, 15) is 5.11 Å². The molecule has 0 fully saturated rings. The Morgan fingerprint density at radius 2 is 1.96 bits per heavy atom. The van der Waals surface area contributed by atoms with Gasteiger partial charge in [-0.3, -0.25) is 4.98 Å². The van der Waals surface area contributed by atoms with Crippen LogP contribution in [0.4, 0.5) is 11.5 Å². The predicted octanol–water partition coefficient (Wildman–Crippen LogP) is 5.38. The lowest BCUT2D eigenvalue weighted by Crippen LogP contribution is -1.92. The zero-order valence-electron chi connectivity index (χ0n) is 15.2. The number of thiophene rings is 1. The summed E-state index contributed by atoms with van der Waals surface area (Å²) in [6, 6.07) is 16.4. The molecule has 5 nitrogen and oxygen atoms in total. The van der Waals surface area contributed by atoms with Crippen molar-refractivity contribution in [2.75, 3.05) is 5.32 Å². The molecule has 0 aliphatic heterocycles. The molecule has 28 heavy (non-hydrogen) atoms. The number of nitrogens with one attached hydrogen (secondary N) is 2. The number of anilines is 2. The molecule has 5 aromatic rings. The van der Waals surface area contributed by atoms with Gasteiger partial charge in [-0.05, 0) is 54.8 Å². The first-order valence-electron chi connectivity index (χ1n) is 9.01. The van der Waals surface area contributed by atoms with E-state index in [1.807, 2.05) is 24.4 Å². The van der Waals surface area contributed by atoms with Crippen molar-refractivity contribution in [3.63, 3.8) is 0 Å². The van der Waals surface area contributed by atoms with Gasteiger partial charge < -0.3 is 15.4 Å². The fourth-order valence-corrected chi connectivity index (χ4v) is 4.44. The Morgan fingerprint density at radius 3 is 2.79 bits per heavy atom. The van der Waals surface area contributed by atoms with E-state index in [-0.39, 0.29) is 6.61 Å². The summed E-state index contributed by atoms with van der Waals surface area (Å²) in [5.41, 5.74) is 5.00. The van der Waals surface area contributed by atoms with Gasteiger partial charge in [-0.1, -0.05) is 6.07 Å². The van der Waals surface area contributed by atoms with Crippen LogP contribution in [-0.4, -0.2) is 20.1 Å². The van der Waals surface area contributed by atoms with Gasteiger partial charge in [0, 0.05) is 45.1 Å². The highest BCUT2D eigenvalue weighted by atomic mass is 32.1. The molecular formula is C22H18N4OS. The predicted molar refractivity (Wildman–Crippen MR) is 115 cm³/mol. The average molecular weight is 386 g/mol. The van der Waals surface area contributed by atoms with Crippen molar-refractivity contribution in [2.45, 2.75) is 13.5 Å². The largest absolute Gasteiger partial charge is 0.390 e. The first kappa shape index (κ1) is 16.9. The van der Waals surface area contributed by atoms with Gasteiger partial charge in [0.25, 0.3) is 0 Å². The van der Waals surface area contributed by atoms with Gasteiger partial charge in [0.1, 0.15) is 5.82 Å². The van der Waals surface area contributed by atoms with Gasteiger partial charge in [0.05, 0.1) is 17.0 Å². The summed E-state index contributed by atoms with van der Waals surface area (Å²) >= 11 is 1.68. The zero-order chi connectivity index (χ0) is 19.1. The molecule has 0 unspecified atom stereocenters. The van der Waals surface area contributed by atoms with E-state index in [2.05, 4.69) is 57.5 Å². The minimum Gasteiger partial charge on any atom is -0.390 e. The van der Waals surface area contributed by atoms with Crippen molar-refractivity contribution in [1.29, 1.82) is 0 Å². The lowest BCUT2D eigenvalue weighted by molar-refractivity contribution is 0.277. The zero-order valence-corrected chi connectivity index (χ0v) is 16.0. The fraction of sp³-hybridized carbons (Fsp3) is 0.0909. The van der Waals surface area contributed by atoms with Crippen LogP contribution in [0.3, 0.4) is 0 Å². The van der Waals surface area contributed by atoms with E-state index < -0.39 is 0 Å². The minimum absolute atomic E-state index is 0.0459. The number of fused-ring (bicyclic) bond motifs is 2. The summed E-state index contributed by atoms with van der Waals surface area (Å²) in [4.78, 5) is 13.3. The smallest absolute Gasteiger partial charge is 0.148 e. The van der Waals surface area contributed by atoms with E-state index in [1.165, 1.54) is 5.39 Å². The van der Waals surface area contributed by atoms with Crippen molar-refractivity contribution in [3.05, 3.63) is 72.3 Å². The molecule has 0 amide bonds. The molecule has 0 atom stereocenters. The highest BCUT2D eigenvalue weighted by Gasteiger charge is 2.10. The maximum absolute atomic E-state index is 9.18. The summed E-state index contributed by atoms with van der Waals surface area (Å²) < 4.78 is 1.11. The maximum atomic E-state index is 9.18. The van der Waals surface area contributed by atoms with Crippen molar-refractivity contribution in [1.82, 2.24) is 15.0 Å². The number of aliphatic hydroxyl groups is 1. The molecule has 138 valence electrons. The number of hydrogen-bond donors (Lipinski definition) is 3. The van der Waals surface area contributed by atoms with Gasteiger partial charge >= 0.3 is 0 Å². The Bertz CT molecular complexity index is 1290. The minimum atomic E-state index is -0.0459. The molecule has 5 rings (SSSR count). The van der Waals surface area contributed by atoms with Crippen LogP contribution in [0.15, 0.2) is 60.9 Å². The van der Waals surface area contributed by atoms with Crippen LogP contribution in [0.1, 0.15) is 11.4 Å². The average Bonchev–Trinajstić information content (AvgIpc) is 3.31. The molecule has 0 aliphatic rings. The summed E-state index contributed by atoms with van der Waals surface area (Å²) in [6.45, 7) is 2.01. The van der Waals surface area contributed by atoms with Crippen molar-refractivity contribution in [2.24, 2.45) is 0 Å². The van der Waals surface area contributed by atoms with Crippen LogP contribution in [-0.2, 0) is 6.61 Å². The molecule has 0 spiro atoms. The number of pyridine rings is 2. The van der Waals surface area contributed by atoms with Crippen LogP contribution in [0.5, 0.6) is 0 Å². The topological polar surface area (TPSA) is 73.8 Å². The van der Waals surface area contributed by atoms with Crippen LogP contribution in [0, 0.1) is 6.92 Å². The quantitative estimate of drug-likeness (QED) is 0.387. The molecule has 4 aromatic heterocycles. The Balaban J connectivity index is 1.52. The molecule has 0 bridgehead atoms. The van der Waals surface area contributed by atoms with Gasteiger partial charge in [-0.2, -0.15) is 0 Å². The first-order chi connectivity index (χ1) is 13.7. The highest BCUT2D eigenvalue weighted by Crippen LogP contribution is 2.37. The third-order valence-electron chi connectivity index (χ3n) is 4.72. The lowest BCUT2D eigenvalue weighted by Gasteiger charge is -2.06. The summed E-state index contributed by atoms with van der Waals surface area (Å²) in [6.07, 6.45) is 3.63. The van der Waals surface area contributed by atoms with E-state index in [1.54, 1.807) is 17.5 Å². The fourth-order valence-electron chi connectivity index (χ4n) is 3.35. The molecule has 0 saturated heterocycles. The third-order valence-corrected chi connectivity index (χ3v) is 5.93. The highest BCUT2D eigenvalue weighted by molar-refractivity contribution is 7.22. The lowest BCUT2D eigenvalue weighted by atomic mass is 10.2. The number of H-pyrrole nitrogens is 1. The molecule has 1 aromatic carbocycles. The number of aromatic amines is 1. The van der Waals surface area contributed by atoms with Gasteiger partial charge in [0.2, 0.25) is 0 Å². The van der Waals surface area contributed by atoms with Crippen molar-refractivity contribution < 1.29 is 5.11 Å². The second-order valence-electron chi connectivity index (χ2n) is 6.76. The van der Waals surface area contributed by atoms with Crippen LogP contribution in [0.25, 0.3) is 31.4 Å². The molecule has 0 aliphatic carbocycles. The van der Waals surface area contributed by atoms with Crippen LogP contribution < -0.4 is 5.32 Å². The van der Waals surface area contributed by atoms with Gasteiger partial charge in [-0.25, -0.2) is 4.98 Å². The number of hydrogen-bond acceptors (Lipinski definition) is 5. The molecule has 3 N–H and O–H groups in total. The second-order valence-corrected chi connectivity index (χ2v) is 7.82. The summed E-state index contributed by atoms with van der Waals surface area (Å²) in [5.74, 6) is 0.847. The van der Waals surface area contributed by atoms with E-state index in [4.69, 9.17) is 0 Å². The van der Waals surface area contributed by atoms with Gasteiger partial charge in [0.15, 0.2) is 0 Å². The van der Waals surface area contributed by atoms with Crippen molar-refractivity contribution >= 4 is 43.8 Å². The monoisotopic (exact) mass is 386 g/mol. The molecular weight excluding hydrogens is 368 g/mol. The molecule has 0 saturated carbocycles. The number of benzene rings is 1. The number of aromatic nitrogens is 3.